The van der Waals surface area contributed by atoms with Crippen molar-refractivity contribution in [3.8, 4) is 56.3 Å². The van der Waals surface area contributed by atoms with Gasteiger partial charge < -0.3 is 52.2 Å². The second-order valence-electron chi connectivity index (χ2n) is 32.1. The van der Waals surface area contributed by atoms with Crippen molar-refractivity contribution in [2.75, 3.05) is 53.5 Å². The van der Waals surface area contributed by atoms with Crippen molar-refractivity contribution in [2.45, 2.75) is 71.0 Å². The van der Waals surface area contributed by atoms with Gasteiger partial charge in [0.25, 0.3) is 35.4 Å². The molecule has 776 valence electrons. The third kappa shape index (κ3) is 32.6. The Morgan fingerprint density at radius 1 is 0.347 bits per heavy atom. The Labute approximate surface area is 877 Å². The van der Waals surface area contributed by atoms with Crippen LogP contribution in [0.3, 0.4) is 0 Å². The van der Waals surface area contributed by atoms with E-state index in [0.29, 0.717) is 143 Å². The van der Waals surface area contributed by atoms with E-state index in [0.717, 1.165) is 42.7 Å². The van der Waals surface area contributed by atoms with Crippen LogP contribution in [0.25, 0.3) is 56.3 Å². The highest BCUT2D eigenvalue weighted by atomic mass is 35.5. The van der Waals surface area contributed by atoms with Gasteiger partial charge in [-0.2, -0.15) is 52.7 Å². The fourth-order valence-corrected chi connectivity index (χ4v) is 15.8. The van der Waals surface area contributed by atoms with Gasteiger partial charge in [-0.15, -0.1) is 0 Å². The zero-order valence-electron chi connectivity index (χ0n) is 78.7. The Kier molecular flexibility index (Phi) is 39.2. The molecule has 0 fully saturated rings. The fraction of sp³-hybridized carbons (Fsp3) is 0.144. The molecule has 6 amide bonds. The van der Waals surface area contributed by atoms with E-state index in [1.165, 1.54) is 71.7 Å². The van der Waals surface area contributed by atoms with Gasteiger partial charge in [0.2, 0.25) is 0 Å². The van der Waals surface area contributed by atoms with E-state index in [1.54, 1.807) is 188 Å². The predicted molar refractivity (Wildman–Crippen MR) is 546 cm³/mol. The van der Waals surface area contributed by atoms with Crippen molar-refractivity contribution in [1.82, 2.24) is 50.5 Å². The second kappa shape index (κ2) is 51.1. The highest BCUT2D eigenvalue weighted by Crippen LogP contribution is 2.39. The molecule has 0 aliphatic heterocycles. The first kappa shape index (κ1) is 115. The number of aliphatic hydroxyl groups is 2. The number of aromatic nitrogens is 8. The van der Waals surface area contributed by atoms with E-state index in [-0.39, 0.29) is 87.2 Å². The van der Waals surface area contributed by atoms with Gasteiger partial charge in [-0.25, -0.2) is 28.2 Å². The number of nitrogens with one attached hydrogen (secondary N) is 7. The molecular formula is C104H81Cl6F12N15O12S. The number of amides is 6. The van der Waals surface area contributed by atoms with Gasteiger partial charge in [0.15, 0.2) is 9.84 Å². The molecule has 0 atom stereocenters. The second-order valence-corrected chi connectivity index (χ2v) is 36.7. The van der Waals surface area contributed by atoms with E-state index in [9.17, 15) is 94.7 Å². The van der Waals surface area contributed by atoms with Crippen LogP contribution >= 0.6 is 69.6 Å². The van der Waals surface area contributed by atoms with Crippen LogP contribution in [0, 0.1) is 20.8 Å². The first-order valence-electron chi connectivity index (χ1n) is 43.6. The number of aliphatic hydroxyl groups excluding tert-OH is 2. The fourth-order valence-electron chi connectivity index (χ4n) is 13.6. The summed E-state index contributed by atoms with van der Waals surface area (Å²) in [6, 6.07) is 59.1. The average molecular weight is 2210 g/mol. The molecule has 0 saturated carbocycles. The Balaban J connectivity index is 0.000000178. The highest BCUT2D eigenvalue weighted by molar-refractivity contribution is 7.89. The maximum atomic E-state index is 12.8. The minimum Gasteiger partial charge on any atom is -0.465 e. The SMILES string of the molecule is CNC(=O)c1ccc(-c2cc(NC(=O)c3ccc(C(F)(F)F)nc3C)ccc2Cl)nc1.COC(=O)c1ccc(-c2cc(NC(=O)c3ccc(C(F)(F)F)nc3C)ccc2Cl)nc1.CS(=O)(=O)Cc1ccc(C(=O)Nc2ccc(Cl)c(-c3ccc(CO)cn3)c2)cc1.Cc1nc(C(F)(F)F)ccc1C(=O)Nc1ccc(Cl)c(-c2ccc(CO)cn2)c1.O=C(Nc1ccc(Cl)c(-c2ccccn2)c1)c1ccc(CNCC(F)(F)F)cc1Cl. The number of aryl methyl sites for hydroxylation is 3. The molecule has 7 aromatic carbocycles. The van der Waals surface area contributed by atoms with Crippen LogP contribution in [0.2, 0.25) is 30.1 Å². The maximum Gasteiger partial charge on any atom is 0.433 e. The molecule has 15 aromatic rings. The largest absolute Gasteiger partial charge is 0.465 e. The summed E-state index contributed by atoms with van der Waals surface area (Å²) in [5.74, 6) is -3.51. The molecule has 0 aliphatic carbocycles. The Bertz CT molecular complexity index is 7410. The minimum atomic E-state index is -4.60. The molecule has 0 spiro atoms. The molecular weight excluding hydrogens is 2120 g/mol. The highest BCUT2D eigenvalue weighted by Gasteiger charge is 2.36. The lowest BCUT2D eigenvalue weighted by atomic mass is 10.1. The van der Waals surface area contributed by atoms with E-state index in [1.807, 2.05) is 6.07 Å². The molecule has 8 heterocycles. The molecule has 9 N–H and O–H groups in total. The quantitative estimate of drug-likeness (QED) is 0.0200. The van der Waals surface area contributed by atoms with Crippen LogP contribution in [0.4, 0.5) is 81.1 Å². The van der Waals surface area contributed by atoms with Crippen LogP contribution in [0.5, 0.6) is 0 Å². The Hall–Kier alpha value is -15.2. The Morgan fingerprint density at radius 3 is 0.960 bits per heavy atom. The van der Waals surface area contributed by atoms with Crippen molar-refractivity contribution < 1.29 is 110 Å². The summed E-state index contributed by atoms with van der Waals surface area (Å²) in [5.41, 5.74) is 8.16. The van der Waals surface area contributed by atoms with Crippen molar-refractivity contribution in [2.24, 2.45) is 0 Å². The predicted octanol–water partition coefficient (Wildman–Crippen LogP) is 24.4. The number of methoxy groups -OCH3 is 1. The number of alkyl halides is 12. The summed E-state index contributed by atoms with van der Waals surface area (Å²) in [6.45, 7) is 2.62. The van der Waals surface area contributed by atoms with Crippen molar-refractivity contribution in [3.63, 3.8) is 0 Å². The molecule has 15 rings (SSSR count). The lowest BCUT2D eigenvalue weighted by Crippen LogP contribution is -2.28. The number of nitrogens with zero attached hydrogens (tertiary/aromatic N) is 8. The van der Waals surface area contributed by atoms with Crippen molar-refractivity contribution >= 4 is 149 Å². The van der Waals surface area contributed by atoms with Crippen LogP contribution in [-0.2, 0) is 58.6 Å². The summed E-state index contributed by atoms with van der Waals surface area (Å²) in [5, 5.41) is 38.7. The topological polar surface area (TPSA) is 391 Å². The number of hydrogen-bond donors (Lipinski definition) is 9. The standard InChI is InChI=1S/C21H16Cl2F3N3O.C21H16ClF3N4O2.C21H15ClF3N3O3.C21H19ClN2O4S.C20H15ClF3N3O2/c22-17-7-5-14(10-16(17)19-3-1-2-8-28-19)29-20(30)15-6-4-13(9-18(15)23)11-27-12-21(24,25)26;1-11-14(5-8-18(28-11)21(23,24)25)20(31)29-13-4-6-16(22)15(9-13)17-7-3-12(10-27-17)19(30)26-2;1-11-14(5-8-18(27-11)21(23,24)25)19(29)28-13-4-6-16(22)15(9-13)17-7-3-12(10-26-17)20(30)31-2;1-29(27,28)13-14-2-5-16(6-3-14)21(26)24-17-7-8-19(22)18(10-17)20-9-4-15(12-25)11-23-20;1-11-14(4-7-18(26-11)20(22,23)24)19(29)27-13-3-5-16(21)15(8-13)17-6-2-12(10-28)9-25-17/h1-10,27H,11-12H2,(H,29,30);3-10H,1-2H3,(H,26,30)(H,29,31);3-10H,1-2H3,(H,28,29);2-11,25H,12-13H2,1H3,(H,24,26);2-9,28H,10H2,1H3,(H,27,29). The lowest BCUT2D eigenvalue weighted by Gasteiger charge is -2.12. The maximum absolute atomic E-state index is 12.8. The first-order chi connectivity index (χ1) is 70.8. The molecule has 0 unspecified atom stereocenters. The number of carbonyl (C=O) groups excluding carboxylic acids is 7. The number of carbonyl (C=O) groups is 7. The number of pyridine rings is 8. The lowest BCUT2D eigenvalue weighted by molar-refractivity contribution is -0.142. The number of rotatable bonds is 24. The van der Waals surface area contributed by atoms with Crippen LogP contribution in [0.15, 0.2) is 268 Å². The number of benzene rings is 7. The van der Waals surface area contributed by atoms with Crippen LogP contribution in [-0.4, -0.2) is 133 Å². The number of esters is 1. The van der Waals surface area contributed by atoms with Gasteiger partial charge in [-0.3, -0.25) is 53.7 Å². The van der Waals surface area contributed by atoms with Gasteiger partial charge >= 0.3 is 30.7 Å². The number of halogens is 18. The Morgan fingerprint density at radius 2 is 0.667 bits per heavy atom. The summed E-state index contributed by atoms with van der Waals surface area (Å²) < 4.78 is 179. The molecule has 0 bridgehead atoms. The summed E-state index contributed by atoms with van der Waals surface area (Å²) in [6.07, 6.45) is -9.46. The zero-order chi connectivity index (χ0) is 109. The van der Waals surface area contributed by atoms with Gasteiger partial charge in [-0.05, 0) is 243 Å². The number of hydrogen-bond acceptors (Lipinski definition) is 21. The van der Waals surface area contributed by atoms with Crippen molar-refractivity contribution in [1.29, 1.82) is 0 Å². The number of ether oxygens (including phenoxy) is 1. The normalized spacial score (nSPS) is 11.3. The third-order valence-electron chi connectivity index (χ3n) is 21.1. The average Bonchev–Trinajstić information content (AvgIpc) is 0.807. The zero-order valence-corrected chi connectivity index (χ0v) is 84.1. The summed E-state index contributed by atoms with van der Waals surface area (Å²) in [7, 11) is -0.367. The monoisotopic (exact) mass is 2200 g/mol. The van der Waals surface area contributed by atoms with Gasteiger partial charge in [0.1, 0.15) is 17.1 Å². The van der Waals surface area contributed by atoms with E-state index < -0.39 is 87.8 Å². The van der Waals surface area contributed by atoms with Gasteiger partial charge in [0, 0.05) is 113 Å². The van der Waals surface area contributed by atoms with Crippen LogP contribution < -0.4 is 37.2 Å². The molecule has 0 saturated heterocycles. The molecule has 8 aromatic heterocycles. The summed E-state index contributed by atoms with van der Waals surface area (Å²) in [4.78, 5) is 118. The van der Waals surface area contributed by atoms with Crippen LogP contribution in [0.1, 0.15) is 129 Å². The van der Waals surface area contributed by atoms with Gasteiger partial charge in [0.05, 0.1) is 142 Å². The molecule has 27 nitrogen and oxygen atoms in total. The minimum absolute atomic E-state index is 0.00468. The number of anilines is 5. The van der Waals surface area contributed by atoms with Crippen molar-refractivity contribution in [3.05, 3.63) is 393 Å². The smallest absolute Gasteiger partial charge is 0.433 e. The molecule has 150 heavy (non-hydrogen) atoms. The summed E-state index contributed by atoms with van der Waals surface area (Å²) >= 11 is 37.4. The van der Waals surface area contributed by atoms with E-state index in [2.05, 4.69) is 81.8 Å². The first-order valence-corrected chi connectivity index (χ1v) is 48.0. The molecule has 0 radical (unpaired) electrons. The van der Waals surface area contributed by atoms with E-state index in [4.69, 9.17) is 79.8 Å². The third-order valence-corrected chi connectivity index (χ3v) is 23.9. The molecule has 46 heteroatoms. The number of sulfone groups is 1. The molecule has 0 aliphatic rings. The van der Waals surface area contributed by atoms with E-state index >= 15 is 0 Å². The van der Waals surface area contributed by atoms with Gasteiger partial charge in [-0.1, -0.05) is 106 Å².